The quantitative estimate of drug-likeness (QED) is 0.610. The molecule has 1 heterocycles. The first-order valence-electron chi connectivity index (χ1n) is 5.50. The number of aromatic nitrogens is 1. The molecule has 0 radical (unpaired) electrons. The van der Waals surface area contributed by atoms with E-state index in [-0.39, 0.29) is 11.2 Å². The van der Waals surface area contributed by atoms with Gasteiger partial charge >= 0.3 is 13.1 Å². The summed E-state index contributed by atoms with van der Waals surface area (Å²) < 4.78 is 31.4. The third-order valence-corrected chi connectivity index (χ3v) is 2.46. The lowest BCUT2D eigenvalue weighted by molar-refractivity contribution is -0.169. The van der Waals surface area contributed by atoms with Gasteiger partial charge in [0.2, 0.25) is 6.10 Å². The minimum Gasteiger partial charge on any atom is -0.450 e. The fraction of sp³-hybridized carbons (Fsp3) is 0.455. The maximum atomic E-state index is 13.4. The fourth-order valence-corrected chi connectivity index (χ4v) is 1.59. The van der Waals surface area contributed by atoms with Crippen molar-refractivity contribution >= 4 is 18.6 Å². The Kier molecular flexibility index (Phi) is 4.59. The molecule has 5 nitrogen and oxygen atoms in total. The summed E-state index contributed by atoms with van der Waals surface area (Å²) in [5.74, 6) is -4.15. The summed E-state index contributed by atoms with van der Waals surface area (Å²) in [5.41, 5.74) is 0.316. The van der Waals surface area contributed by atoms with E-state index in [4.69, 9.17) is 10.0 Å². The molecule has 1 atom stereocenters. The molecule has 8 heteroatoms. The fourth-order valence-electron chi connectivity index (χ4n) is 1.59. The van der Waals surface area contributed by atoms with E-state index in [1.54, 1.807) is 0 Å². The third kappa shape index (κ3) is 3.97. The van der Waals surface area contributed by atoms with Gasteiger partial charge in [0.15, 0.2) is 0 Å². The summed E-state index contributed by atoms with van der Waals surface area (Å²) in [6.07, 6.45) is -0.744. The smallest absolute Gasteiger partial charge is 0.450 e. The first kappa shape index (κ1) is 15.5. The highest BCUT2D eigenvalue weighted by atomic mass is 19.3. The molecule has 0 saturated carbocycles. The van der Waals surface area contributed by atoms with Crippen LogP contribution in [-0.4, -0.2) is 34.0 Å². The van der Waals surface area contributed by atoms with E-state index in [1.807, 2.05) is 0 Å². The third-order valence-electron chi connectivity index (χ3n) is 2.46. The first-order valence-corrected chi connectivity index (χ1v) is 5.50. The molecule has 0 aliphatic rings. The van der Waals surface area contributed by atoms with Gasteiger partial charge in [-0.05, 0) is 18.6 Å². The Bertz CT molecular complexity index is 476. The number of ether oxygens (including phenoxy) is 1. The van der Waals surface area contributed by atoms with E-state index in [1.165, 1.54) is 13.0 Å². The van der Waals surface area contributed by atoms with Crippen LogP contribution >= 0.6 is 0 Å². The zero-order chi connectivity index (χ0) is 14.8. The van der Waals surface area contributed by atoms with Crippen LogP contribution in [0.4, 0.5) is 8.78 Å². The summed E-state index contributed by atoms with van der Waals surface area (Å²) in [6, 6.07) is 1.24. The minimum atomic E-state index is -3.30. The lowest BCUT2D eigenvalue weighted by Gasteiger charge is -2.23. The summed E-state index contributed by atoms with van der Waals surface area (Å²) in [7, 11) is -1.74. The predicted octanol–water partition coefficient (Wildman–Crippen LogP) is 0.329. The van der Waals surface area contributed by atoms with E-state index in [0.29, 0.717) is 12.5 Å². The number of aryl methyl sites for hydroxylation is 1. The van der Waals surface area contributed by atoms with Crippen molar-refractivity contribution in [3.05, 3.63) is 23.5 Å². The van der Waals surface area contributed by atoms with Crippen LogP contribution in [0.3, 0.4) is 0 Å². The van der Waals surface area contributed by atoms with Crippen LogP contribution in [0.1, 0.15) is 31.2 Å². The predicted molar refractivity (Wildman–Crippen MR) is 63.9 cm³/mol. The van der Waals surface area contributed by atoms with Crippen LogP contribution in [-0.2, 0) is 9.53 Å². The second-order valence-corrected chi connectivity index (χ2v) is 4.29. The Morgan fingerprint density at radius 2 is 2.11 bits per heavy atom. The van der Waals surface area contributed by atoms with Crippen molar-refractivity contribution in [1.29, 1.82) is 0 Å². The number of halogens is 2. The number of rotatable bonds is 4. The van der Waals surface area contributed by atoms with Gasteiger partial charge in [-0.3, -0.25) is 9.78 Å². The number of alkyl halides is 2. The monoisotopic (exact) mass is 273 g/mol. The van der Waals surface area contributed by atoms with Gasteiger partial charge in [0.05, 0.1) is 5.69 Å². The Balaban J connectivity index is 3.17. The lowest BCUT2D eigenvalue weighted by atomic mass is 9.78. The molecule has 1 rings (SSSR count). The average molecular weight is 273 g/mol. The van der Waals surface area contributed by atoms with Crippen molar-refractivity contribution < 1.29 is 28.4 Å². The van der Waals surface area contributed by atoms with E-state index in [0.717, 1.165) is 13.1 Å². The SMILES string of the molecule is CC(=O)OC(c1cc(C)c(B(O)O)cn1)C(C)(F)F. The molecule has 0 saturated heterocycles. The molecular weight excluding hydrogens is 259 g/mol. The molecule has 0 aliphatic heterocycles. The van der Waals surface area contributed by atoms with E-state index >= 15 is 0 Å². The highest BCUT2D eigenvalue weighted by Crippen LogP contribution is 2.33. The van der Waals surface area contributed by atoms with Crippen molar-refractivity contribution in [3.8, 4) is 0 Å². The molecule has 0 amide bonds. The van der Waals surface area contributed by atoms with Crippen LogP contribution in [0.25, 0.3) is 0 Å². The van der Waals surface area contributed by atoms with Crippen molar-refractivity contribution in [1.82, 2.24) is 4.98 Å². The molecule has 0 bridgehead atoms. The first-order chi connectivity index (χ1) is 8.62. The van der Waals surface area contributed by atoms with E-state index in [9.17, 15) is 13.6 Å². The number of hydrogen-bond donors (Lipinski definition) is 2. The number of pyridine rings is 1. The van der Waals surface area contributed by atoms with Gasteiger partial charge in [-0.25, -0.2) is 8.78 Å². The highest BCUT2D eigenvalue weighted by Gasteiger charge is 2.39. The standard InChI is InChI=1S/C11H14BF2NO4/c1-6-4-9(15-5-8(6)12(17)18)10(11(3,13)14)19-7(2)16/h4-5,10,17-18H,1-3H3. The minimum absolute atomic E-state index is 0.102. The number of hydrogen-bond acceptors (Lipinski definition) is 5. The molecule has 2 N–H and O–H groups in total. The number of esters is 1. The zero-order valence-electron chi connectivity index (χ0n) is 10.7. The maximum absolute atomic E-state index is 13.4. The van der Waals surface area contributed by atoms with Gasteiger partial charge in [0.25, 0.3) is 5.92 Å². The number of nitrogens with zero attached hydrogens (tertiary/aromatic N) is 1. The Morgan fingerprint density at radius 3 is 2.47 bits per heavy atom. The highest BCUT2D eigenvalue weighted by molar-refractivity contribution is 6.59. The van der Waals surface area contributed by atoms with E-state index < -0.39 is 25.1 Å². The van der Waals surface area contributed by atoms with Crippen molar-refractivity contribution in [2.24, 2.45) is 0 Å². The molecule has 0 aromatic carbocycles. The summed E-state index contributed by atoms with van der Waals surface area (Å²) >= 11 is 0. The molecule has 1 aromatic rings. The zero-order valence-corrected chi connectivity index (χ0v) is 10.7. The molecular formula is C11H14BF2NO4. The summed E-state index contributed by atoms with van der Waals surface area (Å²) in [4.78, 5) is 14.6. The van der Waals surface area contributed by atoms with Gasteiger partial charge in [0, 0.05) is 25.5 Å². The largest absolute Gasteiger partial charge is 0.490 e. The molecule has 0 aliphatic carbocycles. The Hall–Kier alpha value is -1.54. The molecule has 0 spiro atoms. The molecule has 104 valence electrons. The number of carbonyl (C=O) groups excluding carboxylic acids is 1. The lowest BCUT2D eigenvalue weighted by Crippen LogP contribution is -2.34. The Morgan fingerprint density at radius 1 is 1.53 bits per heavy atom. The van der Waals surface area contributed by atoms with Crippen LogP contribution in [0, 0.1) is 6.92 Å². The van der Waals surface area contributed by atoms with Crippen molar-refractivity contribution in [2.75, 3.05) is 0 Å². The van der Waals surface area contributed by atoms with Crippen LogP contribution < -0.4 is 5.46 Å². The normalized spacial score (nSPS) is 13.0. The van der Waals surface area contributed by atoms with Gasteiger partial charge in [-0.1, -0.05) is 0 Å². The van der Waals surface area contributed by atoms with Crippen LogP contribution in [0.5, 0.6) is 0 Å². The average Bonchev–Trinajstić information content (AvgIpc) is 2.23. The van der Waals surface area contributed by atoms with Gasteiger partial charge < -0.3 is 14.8 Å². The van der Waals surface area contributed by atoms with Crippen molar-refractivity contribution in [2.45, 2.75) is 32.8 Å². The Labute approximate surface area is 109 Å². The molecule has 1 aromatic heterocycles. The van der Waals surface area contributed by atoms with Crippen LogP contribution in [0.2, 0.25) is 0 Å². The molecule has 1 unspecified atom stereocenters. The second kappa shape index (κ2) is 5.62. The van der Waals surface area contributed by atoms with E-state index in [2.05, 4.69) is 9.72 Å². The van der Waals surface area contributed by atoms with Gasteiger partial charge in [-0.15, -0.1) is 0 Å². The number of carbonyl (C=O) groups is 1. The second-order valence-electron chi connectivity index (χ2n) is 4.29. The van der Waals surface area contributed by atoms with Crippen LogP contribution in [0.15, 0.2) is 12.3 Å². The summed E-state index contributed by atoms with van der Waals surface area (Å²) in [5, 5.41) is 18.0. The summed E-state index contributed by atoms with van der Waals surface area (Å²) in [6.45, 7) is 3.16. The van der Waals surface area contributed by atoms with Gasteiger partial charge in [-0.2, -0.15) is 0 Å². The topological polar surface area (TPSA) is 79.7 Å². The van der Waals surface area contributed by atoms with Gasteiger partial charge in [0.1, 0.15) is 0 Å². The van der Waals surface area contributed by atoms with Crippen molar-refractivity contribution in [3.63, 3.8) is 0 Å². The molecule has 19 heavy (non-hydrogen) atoms. The molecule has 0 fully saturated rings. The maximum Gasteiger partial charge on any atom is 0.490 e.